The third-order valence-electron chi connectivity index (χ3n) is 2.16. The van der Waals surface area contributed by atoms with Crippen LogP contribution in [0.5, 0.6) is 0 Å². The van der Waals surface area contributed by atoms with Gasteiger partial charge in [-0.1, -0.05) is 30.3 Å². The maximum atomic E-state index is 11.2. The monoisotopic (exact) mass is 237 g/mol. The molecule has 0 saturated carbocycles. The molecule has 1 amide bonds. The van der Waals surface area contributed by atoms with E-state index >= 15 is 0 Å². The van der Waals surface area contributed by atoms with Crippen LogP contribution in [0.25, 0.3) is 0 Å². The summed E-state index contributed by atoms with van der Waals surface area (Å²) in [5.74, 6) is -0.122. The van der Waals surface area contributed by atoms with Gasteiger partial charge in [0.1, 0.15) is 6.61 Å². The number of rotatable bonds is 7. The molecule has 0 fully saturated rings. The zero-order chi connectivity index (χ0) is 12.5. The summed E-state index contributed by atoms with van der Waals surface area (Å²) in [6, 6.07) is 9.92. The molecule has 0 saturated heterocycles. The van der Waals surface area contributed by atoms with E-state index in [0.29, 0.717) is 13.2 Å². The smallest absolute Gasteiger partial charge is 0.246 e. The van der Waals surface area contributed by atoms with E-state index in [4.69, 9.17) is 9.47 Å². The van der Waals surface area contributed by atoms with Crippen molar-refractivity contribution >= 4 is 5.91 Å². The van der Waals surface area contributed by atoms with Crippen molar-refractivity contribution in [1.29, 1.82) is 0 Å². The highest BCUT2D eigenvalue weighted by atomic mass is 16.5. The van der Waals surface area contributed by atoms with Gasteiger partial charge in [-0.25, -0.2) is 0 Å². The normalized spacial score (nSPS) is 12.1. The van der Waals surface area contributed by atoms with Crippen molar-refractivity contribution in [3.05, 3.63) is 35.9 Å². The molecule has 94 valence electrons. The summed E-state index contributed by atoms with van der Waals surface area (Å²) in [4.78, 5) is 11.2. The summed E-state index contributed by atoms with van der Waals surface area (Å²) in [5, 5.41) is 2.78. The lowest BCUT2D eigenvalue weighted by molar-refractivity contribution is -0.125. The number of hydrogen-bond donors (Lipinski definition) is 1. The fraction of sp³-hybridized carbons (Fsp3) is 0.462. The second-order valence-corrected chi connectivity index (χ2v) is 3.90. The number of ether oxygens (including phenoxy) is 2. The Morgan fingerprint density at radius 2 is 2.06 bits per heavy atom. The van der Waals surface area contributed by atoms with E-state index in [1.165, 1.54) is 7.11 Å². The Kier molecular flexibility index (Phi) is 6.29. The van der Waals surface area contributed by atoms with Gasteiger partial charge >= 0.3 is 0 Å². The van der Waals surface area contributed by atoms with Crippen molar-refractivity contribution in [2.75, 3.05) is 20.3 Å². The van der Waals surface area contributed by atoms with Crippen molar-refractivity contribution < 1.29 is 14.3 Å². The molecule has 1 rings (SSSR count). The Hall–Kier alpha value is -1.39. The number of carbonyl (C=O) groups is 1. The van der Waals surface area contributed by atoms with Gasteiger partial charge in [0, 0.05) is 13.2 Å². The molecule has 0 aliphatic carbocycles. The molecule has 1 atom stereocenters. The lowest BCUT2D eigenvalue weighted by Gasteiger charge is -2.13. The average Bonchev–Trinajstić information content (AvgIpc) is 2.30. The Balaban J connectivity index is 2.16. The van der Waals surface area contributed by atoms with Gasteiger partial charge in [0.05, 0.1) is 13.2 Å². The van der Waals surface area contributed by atoms with Crippen LogP contribution in [0.3, 0.4) is 0 Å². The zero-order valence-corrected chi connectivity index (χ0v) is 10.3. The Morgan fingerprint density at radius 3 is 2.71 bits per heavy atom. The number of amides is 1. The van der Waals surface area contributed by atoms with E-state index < -0.39 is 0 Å². The van der Waals surface area contributed by atoms with E-state index in [9.17, 15) is 4.79 Å². The molecule has 0 bridgehead atoms. The minimum Gasteiger partial charge on any atom is -0.375 e. The van der Waals surface area contributed by atoms with Crippen LogP contribution in [-0.4, -0.2) is 32.3 Å². The molecule has 0 aliphatic heterocycles. The SMILES string of the molecule is COCC(=O)NC(C)COCc1ccccc1. The molecule has 17 heavy (non-hydrogen) atoms. The van der Waals surface area contributed by atoms with Crippen molar-refractivity contribution in [3.63, 3.8) is 0 Å². The number of benzene rings is 1. The van der Waals surface area contributed by atoms with E-state index in [1.807, 2.05) is 37.3 Å². The molecule has 1 aromatic rings. The second-order valence-electron chi connectivity index (χ2n) is 3.90. The number of methoxy groups -OCH3 is 1. The van der Waals surface area contributed by atoms with Crippen LogP contribution in [0, 0.1) is 0 Å². The molecule has 1 N–H and O–H groups in total. The van der Waals surface area contributed by atoms with Crippen molar-refractivity contribution in [3.8, 4) is 0 Å². The van der Waals surface area contributed by atoms with Gasteiger partial charge in [-0.05, 0) is 12.5 Å². The van der Waals surface area contributed by atoms with Gasteiger partial charge in [-0.3, -0.25) is 4.79 Å². The maximum Gasteiger partial charge on any atom is 0.246 e. The maximum absolute atomic E-state index is 11.2. The van der Waals surface area contributed by atoms with Gasteiger partial charge < -0.3 is 14.8 Å². The number of nitrogens with one attached hydrogen (secondary N) is 1. The lowest BCUT2D eigenvalue weighted by atomic mass is 10.2. The van der Waals surface area contributed by atoms with E-state index in [-0.39, 0.29) is 18.6 Å². The Bertz CT molecular complexity index is 327. The summed E-state index contributed by atoms with van der Waals surface area (Å²) in [5.41, 5.74) is 1.13. The van der Waals surface area contributed by atoms with Crippen LogP contribution in [-0.2, 0) is 20.9 Å². The third-order valence-corrected chi connectivity index (χ3v) is 2.16. The quantitative estimate of drug-likeness (QED) is 0.778. The first-order valence-corrected chi connectivity index (χ1v) is 5.62. The van der Waals surface area contributed by atoms with Crippen LogP contribution < -0.4 is 5.32 Å². The molecule has 4 heteroatoms. The highest BCUT2D eigenvalue weighted by Crippen LogP contribution is 2.00. The zero-order valence-electron chi connectivity index (χ0n) is 10.3. The predicted molar refractivity (Wildman–Crippen MR) is 65.6 cm³/mol. The number of carbonyl (C=O) groups excluding carboxylic acids is 1. The summed E-state index contributed by atoms with van der Waals surface area (Å²) in [6.45, 7) is 3.04. The molecule has 0 aliphatic rings. The van der Waals surface area contributed by atoms with Gasteiger partial charge in [0.25, 0.3) is 0 Å². The largest absolute Gasteiger partial charge is 0.375 e. The number of hydrogen-bond acceptors (Lipinski definition) is 3. The average molecular weight is 237 g/mol. The molecule has 1 aromatic carbocycles. The van der Waals surface area contributed by atoms with E-state index in [2.05, 4.69) is 5.32 Å². The van der Waals surface area contributed by atoms with Crippen LogP contribution in [0.1, 0.15) is 12.5 Å². The fourth-order valence-electron chi connectivity index (χ4n) is 1.42. The van der Waals surface area contributed by atoms with Crippen LogP contribution in [0.2, 0.25) is 0 Å². The Morgan fingerprint density at radius 1 is 1.35 bits per heavy atom. The molecule has 0 heterocycles. The van der Waals surface area contributed by atoms with E-state index in [0.717, 1.165) is 5.56 Å². The van der Waals surface area contributed by atoms with Crippen LogP contribution in [0.4, 0.5) is 0 Å². The molecule has 1 unspecified atom stereocenters. The molecule has 0 radical (unpaired) electrons. The molecule has 0 aromatic heterocycles. The van der Waals surface area contributed by atoms with Crippen molar-refractivity contribution in [1.82, 2.24) is 5.32 Å². The van der Waals surface area contributed by atoms with Crippen molar-refractivity contribution in [2.45, 2.75) is 19.6 Å². The van der Waals surface area contributed by atoms with Gasteiger partial charge in [0.2, 0.25) is 5.91 Å². The highest BCUT2D eigenvalue weighted by molar-refractivity contribution is 5.77. The van der Waals surface area contributed by atoms with Gasteiger partial charge in [0.15, 0.2) is 0 Å². The predicted octanol–water partition coefficient (Wildman–Crippen LogP) is 1.35. The first-order chi connectivity index (χ1) is 8.22. The first-order valence-electron chi connectivity index (χ1n) is 5.62. The summed E-state index contributed by atoms with van der Waals surface area (Å²) < 4.78 is 10.2. The molecular formula is C13H19NO3. The molecule has 4 nitrogen and oxygen atoms in total. The molecular weight excluding hydrogens is 218 g/mol. The topological polar surface area (TPSA) is 47.6 Å². The fourth-order valence-corrected chi connectivity index (χ4v) is 1.42. The Labute approximate surface area is 102 Å². The summed E-state index contributed by atoms with van der Waals surface area (Å²) >= 11 is 0. The molecule has 0 spiro atoms. The van der Waals surface area contributed by atoms with Gasteiger partial charge in [-0.15, -0.1) is 0 Å². The lowest BCUT2D eigenvalue weighted by Crippen LogP contribution is -2.37. The minimum atomic E-state index is -0.122. The third kappa shape index (κ3) is 6.04. The van der Waals surface area contributed by atoms with Crippen LogP contribution in [0.15, 0.2) is 30.3 Å². The van der Waals surface area contributed by atoms with Crippen molar-refractivity contribution in [2.24, 2.45) is 0 Å². The highest BCUT2D eigenvalue weighted by Gasteiger charge is 2.06. The minimum absolute atomic E-state index is 0.0126. The second kappa shape index (κ2) is 7.81. The summed E-state index contributed by atoms with van der Waals surface area (Å²) in [7, 11) is 1.50. The summed E-state index contributed by atoms with van der Waals surface area (Å²) in [6.07, 6.45) is 0. The van der Waals surface area contributed by atoms with Gasteiger partial charge in [-0.2, -0.15) is 0 Å². The first kappa shape index (κ1) is 13.7. The standard InChI is InChI=1S/C13H19NO3/c1-11(14-13(15)10-16-2)8-17-9-12-6-4-3-5-7-12/h3-7,11H,8-10H2,1-2H3,(H,14,15). The van der Waals surface area contributed by atoms with E-state index in [1.54, 1.807) is 0 Å². The van der Waals surface area contributed by atoms with Crippen LogP contribution >= 0.6 is 0 Å².